The number of rotatable bonds is 6. The van der Waals surface area contributed by atoms with Crippen LogP contribution in [-0.2, 0) is 14.3 Å². The topological polar surface area (TPSA) is 77.4 Å². The summed E-state index contributed by atoms with van der Waals surface area (Å²) in [5.41, 5.74) is 1.63. The van der Waals surface area contributed by atoms with Crippen molar-refractivity contribution < 1.29 is 23.8 Å². The molecule has 0 spiro atoms. The Balaban J connectivity index is 2.15. The second-order valence-electron chi connectivity index (χ2n) is 6.33. The van der Waals surface area contributed by atoms with Gasteiger partial charge in [-0.05, 0) is 45.4 Å². The highest BCUT2D eigenvalue weighted by molar-refractivity contribution is 8.15. The number of benzene rings is 1. The number of carbonyl (C=O) groups is 2. The number of fused-ring (bicyclic) bond motifs is 1. The van der Waals surface area contributed by atoms with Crippen LogP contribution < -0.4 is 9.47 Å². The molecule has 28 heavy (non-hydrogen) atoms. The van der Waals surface area contributed by atoms with Gasteiger partial charge in [0.15, 0.2) is 16.7 Å². The van der Waals surface area contributed by atoms with Crippen LogP contribution in [0.5, 0.6) is 11.5 Å². The van der Waals surface area contributed by atoms with Crippen molar-refractivity contribution in [3.05, 3.63) is 35.0 Å². The van der Waals surface area contributed by atoms with E-state index in [1.807, 2.05) is 32.9 Å². The average Bonchev–Trinajstić information content (AvgIpc) is 2.95. The summed E-state index contributed by atoms with van der Waals surface area (Å²) < 4.78 is 16.4. The first kappa shape index (κ1) is 20.3. The van der Waals surface area contributed by atoms with Gasteiger partial charge in [-0.1, -0.05) is 17.8 Å². The molecule has 0 unspecified atom stereocenters. The van der Waals surface area contributed by atoms with Gasteiger partial charge in [-0.3, -0.25) is 9.69 Å². The van der Waals surface area contributed by atoms with Crippen molar-refractivity contribution in [1.82, 2.24) is 4.90 Å². The average molecular weight is 404 g/mol. The van der Waals surface area contributed by atoms with Crippen molar-refractivity contribution in [2.75, 3.05) is 20.3 Å². The number of allylic oxidation sites excluding steroid dienone is 1. The molecule has 1 aromatic rings. The molecule has 150 valence electrons. The first-order chi connectivity index (χ1) is 13.4. The van der Waals surface area contributed by atoms with E-state index in [0.29, 0.717) is 41.2 Å². The quantitative estimate of drug-likeness (QED) is 0.677. The van der Waals surface area contributed by atoms with E-state index in [0.717, 1.165) is 5.56 Å². The minimum atomic E-state index is -0.625. The summed E-state index contributed by atoms with van der Waals surface area (Å²) in [5.74, 6) is 0.595. The summed E-state index contributed by atoms with van der Waals surface area (Å²) in [4.78, 5) is 31.5. The Kier molecular flexibility index (Phi) is 5.98. The highest BCUT2D eigenvalue weighted by atomic mass is 32.2. The van der Waals surface area contributed by atoms with Crippen LogP contribution in [0, 0.1) is 0 Å². The maximum absolute atomic E-state index is 12.9. The van der Waals surface area contributed by atoms with Crippen molar-refractivity contribution in [2.45, 2.75) is 39.0 Å². The van der Waals surface area contributed by atoms with Gasteiger partial charge in [-0.25, -0.2) is 9.79 Å². The molecule has 3 rings (SSSR count). The van der Waals surface area contributed by atoms with Crippen LogP contribution in [0.2, 0.25) is 0 Å². The van der Waals surface area contributed by atoms with Gasteiger partial charge in [-0.15, -0.1) is 0 Å². The van der Waals surface area contributed by atoms with Crippen LogP contribution in [0.4, 0.5) is 0 Å². The minimum Gasteiger partial charge on any atom is -0.490 e. The Labute approximate surface area is 168 Å². The van der Waals surface area contributed by atoms with E-state index < -0.39 is 12.0 Å². The van der Waals surface area contributed by atoms with E-state index in [2.05, 4.69) is 4.99 Å². The molecular formula is C20H24N2O5S. The van der Waals surface area contributed by atoms with Crippen LogP contribution in [0.3, 0.4) is 0 Å². The lowest BCUT2D eigenvalue weighted by Crippen LogP contribution is -2.40. The smallest absolute Gasteiger partial charge is 0.338 e. The summed E-state index contributed by atoms with van der Waals surface area (Å²) in [6, 6.07) is 4.84. The number of esters is 1. The maximum atomic E-state index is 12.9. The summed E-state index contributed by atoms with van der Waals surface area (Å²) in [5, 5.41) is 0.333. The van der Waals surface area contributed by atoms with Crippen molar-refractivity contribution in [1.29, 1.82) is 0 Å². The number of hydrogen-bond acceptors (Lipinski definition) is 7. The van der Waals surface area contributed by atoms with Gasteiger partial charge < -0.3 is 14.2 Å². The molecule has 2 aliphatic heterocycles. The zero-order valence-corrected chi connectivity index (χ0v) is 17.5. The van der Waals surface area contributed by atoms with E-state index in [4.69, 9.17) is 14.2 Å². The summed E-state index contributed by atoms with van der Waals surface area (Å²) >= 11 is 1.39. The molecule has 1 aromatic carbocycles. The molecule has 0 aromatic heterocycles. The number of thioether (sulfide) groups is 1. The second-order valence-corrected chi connectivity index (χ2v) is 7.64. The summed E-state index contributed by atoms with van der Waals surface area (Å²) in [6.45, 7) is 8.36. The molecule has 2 atom stereocenters. The first-order valence-corrected chi connectivity index (χ1v) is 10.1. The monoisotopic (exact) mass is 404 g/mol. The Hall–Kier alpha value is -2.48. The van der Waals surface area contributed by atoms with E-state index >= 15 is 0 Å². The zero-order chi connectivity index (χ0) is 20.4. The SMILES string of the molecule is CCOc1ccc([C@H]2C(C(=O)OC)=C(C)N=C3S[C@@H](C)C(=O)N32)cc1OCC. The fourth-order valence-corrected chi connectivity index (χ4v) is 4.36. The third-order valence-corrected chi connectivity index (χ3v) is 5.60. The van der Waals surface area contributed by atoms with Gasteiger partial charge in [0.2, 0.25) is 5.91 Å². The van der Waals surface area contributed by atoms with Crippen LogP contribution in [0.15, 0.2) is 34.5 Å². The lowest BCUT2D eigenvalue weighted by molar-refractivity contribution is -0.137. The predicted molar refractivity (Wildman–Crippen MR) is 108 cm³/mol. The largest absolute Gasteiger partial charge is 0.490 e. The predicted octanol–water partition coefficient (Wildman–Crippen LogP) is 3.31. The highest BCUT2D eigenvalue weighted by Crippen LogP contribution is 2.44. The van der Waals surface area contributed by atoms with Gasteiger partial charge in [0.25, 0.3) is 0 Å². The molecule has 0 saturated carbocycles. The maximum Gasteiger partial charge on any atom is 0.338 e. The molecule has 0 radical (unpaired) electrons. The normalized spacial score (nSPS) is 21.4. The molecule has 2 aliphatic rings. The zero-order valence-electron chi connectivity index (χ0n) is 16.6. The van der Waals surface area contributed by atoms with E-state index in [9.17, 15) is 9.59 Å². The van der Waals surface area contributed by atoms with Crippen molar-refractivity contribution >= 4 is 28.8 Å². The fourth-order valence-electron chi connectivity index (χ4n) is 3.33. The molecule has 1 saturated heterocycles. The minimum absolute atomic E-state index is 0.0884. The van der Waals surface area contributed by atoms with E-state index in [-0.39, 0.29) is 11.2 Å². The number of aliphatic imine (C=N–C) groups is 1. The molecule has 7 nitrogen and oxygen atoms in total. The third kappa shape index (κ3) is 3.48. The van der Waals surface area contributed by atoms with Gasteiger partial charge in [-0.2, -0.15) is 0 Å². The molecule has 1 amide bonds. The summed E-state index contributed by atoms with van der Waals surface area (Å²) in [7, 11) is 1.33. The second kappa shape index (κ2) is 8.26. The molecule has 1 fully saturated rings. The van der Waals surface area contributed by atoms with E-state index in [1.165, 1.54) is 18.9 Å². The Morgan fingerprint density at radius 2 is 1.89 bits per heavy atom. The van der Waals surface area contributed by atoms with Gasteiger partial charge in [0.1, 0.15) is 0 Å². The van der Waals surface area contributed by atoms with Crippen LogP contribution in [0.1, 0.15) is 39.3 Å². The van der Waals surface area contributed by atoms with Crippen molar-refractivity contribution in [2.24, 2.45) is 4.99 Å². The Morgan fingerprint density at radius 1 is 1.21 bits per heavy atom. The van der Waals surface area contributed by atoms with Crippen molar-refractivity contribution in [3.63, 3.8) is 0 Å². The number of nitrogens with zero attached hydrogens (tertiary/aromatic N) is 2. The third-order valence-electron chi connectivity index (χ3n) is 4.55. The number of carbonyl (C=O) groups excluding carboxylic acids is 2. The molecule has 0 N–H and O–H groups in total. The lowest BCUT2D eigenvalue weighted by Gasteiger charge is -2.33. The molecule has 8 heteroatoms. The number of amidine groups is 1. The lowest BCUT2D eigenvalue weighted by atomic mass is 9.94. The molecular weight excluding hydrogens is 380 g/mol. The van der Waals surface area contributed by atoms with Crippen LogP contribution >= 0.6 is 11.8 Å². The van der Waals surface area contributed by atoms with Gasteiger partial charge in [0.05, 0.1) is 42.9 Å². The number of methoxy groups -OCH3 is 1. The van der Waals surface area contributed by atoms with Crippen LogP contribution in [-0.4, -0.2) is 47.5 Å². The number of hydrogen-bond donors (Lipinski definition) is 0. The number of ether oxygens (including phenoxy) is 3. The molecule has 0 aliphatic carbocycles. The van der Waals surface area contributed by atoms with E-state index in [1.54, 1.807) is 17.9 Å². The summed E-state index contributed by atoms with van der Waals surface area (Å²) in [6.07, 6.45) is 0. The van der Waals surface area contributed by atoms with Gasteiger partial charge >= 0.3 is 5.97 Å². The molecule has 2 heterocycles. The first-order valence-electron chi connectivity index (χ1n) is 9.19. The van der Waals surface area contributed by atoms with Crippen molar-refractivity contribution in [3.8, 4) is 11.5 Å². The Morgan fingerprint density at radius 3 is 2.54 bits per heavy atom. The van der Waals surface area contributed by atoms with Crippen LogP contribution in [0.25, 0.3) is 0 Å². The standard InChI is InChI=1S/C20H24N2O5S/c1-6-26-14-9-8-13(10-15(14)27-7-2)17-16(19(24)25-5)11(3)21-20-22(17)18(23)12(4)28-20/h8-10,12,17H,6-7H2,1-5H3/t12-,17-/m0/s1. The fraction of sp³-hybridized carbons (Fsp3) is 0.450. The molecule has 0 bridgehead atoms. The highest BCUT2D eigenvalue weighted by Gasteiger charge is 2.46. The van der Waals surface area contributed by atoms with Gasteiger partial charge in [0, 0.05) is 0 Å². The Bertz CT molecular complexity index is 864. The number of amides is 1.